The van der Waals surface area contributed by atoms with Crippen LogP contribution in [0.3, 0.4) is 0 Å². The molecule has 0 heterocycles. The van der Waals surface area contributed by atoms with Crippen molar-refractivity contribution in [2.45, 2.75) is 189 Å². The van der Waals surface area contributed by atoms with Crippen molar-refractivity contribution in [3.63, 3.8) is 0 Å². The molecule has 0 rings (SSSR count). The van der Waals surface area contributed by atoms with Gasteiger partial charge in [-0.1, -0.05) is 118 Å². The Morgan fingerprint density at radius 2 is 1.11 bits per heavy atom. The topological polar surface area (TPSA) is 68.3 Å². The molecule has 0 aromatic heterocycles. The standard InChI is InChI=1S/C39H78N2O5/c1-8-13-16-19-20-22-26-36(25-21-17-14-9-2)34-45-38(42)29-24-28-37(27-23-18-15-10-3)46-39(43)44-33-32-41(35(6)7)31-30-40(11-4)12-5/h35-37H,8-34H2,1-7H3. The molecule has 0 saturated heterocycles. The van der Waals surface area contributed by atoms with Crippen molar-refractivity contribution in [1.82, 2.24) is 9.80 Å². The summed E-state index contributed by atoms with van der Waals surface area (Å²) < 4.78 is 17.1. The molecule has 0 aromatic rings. The van der Waals surface area contributed by atoms with Crippen LogP contribution in [0.25, 0.3) is 0 Å². The Kier molecular flexibility index (Phi) is 31.3. The molecule has 0 aliphatic rings. The molecule has 274 valence electrons. The van der Waals surface area contributed by atoms with E-state index in [0.717, 1.165) is 58.3 Å². The van der Waals surface area contributed by atoms with E-state index in [-0.39, 0.29) is 12.1 Å². The van der Waals surface area contributed by atoms with E-state index in [1.54, 1.807) is 0 Å². The molecule has 0 saturated carbocycles. The molecule has 0 spiro atoms. The molecule has 0 radical (unpaired) electrons. The Balaban J connectivity index is 4.70. The Morgan fingerprint density at radius 1 is 0.587 bits per heavy atom. The van der Waals surface area contributed by atoms with Gasteiger partial charge in [0.2, 0.25) is 0 Å². The molecule has 0 N–H and O–H groups in total. The van der Waals surface area contributed by atoms with Crippen LogP contribution in [0.1, 0.15) is 177 Å². The summed E-state index contributed by atoms with van der Waals surface area (Å²) in [4.78, 5) is 30.1. The fourth-order valence-corrected chi connectivity index (χ4v) is 6.06. The average molecular weight is 655 g/mol. The number of carbonyl (C=O) groups excluding carboxylic acids is 2. The van der Waals surface area contributed by atoms with Gasteiger partial charge in [-0.05, 0) is 71.4 Å². The number of carbonyl (C=O) groups is 2. The zero-order valence-electron chi connectivity index (χ0n) is 31.8. The van der Waals surface area contributed by atoms with Gasteiger partial charge < -0.3 is 19.1 Å². The van der Waals surface area contributed by atoms with E-state index in [2.05, 4.69) is 58.3 Å². The highest BCUT2D eigenvalue weighted by molar-refractivity contribution is 5.69. The van der Waals surface area contributed by atoms with Crippen LogP contribution in [-0.4, -0.2) is 80.0 Å². The van der Waals surface area contributed by atoms with Crippen LogP contribution < -0.4 is 0 Å². The minimum Gasteiger partial charge on any atom is -0.465 e. The summed E-state index contributed by atoms with van der Waals surface area (Å²) in [5, 5.41) is 0. The lowest BCUT2D eigenvalue weighted by Gasteiger charge is -2.29. The van der Waals surface area contributed by atoms with Gasteiger partial charge >= 0.3 is 12.1 Å². The van der Waals surface area contributed by atoms with Crippen molar-refractivity contribution in [1.29, 1.82) is 0 Å². The van der Waals surface area contributed by atoms with Crippen molar-refractivity contribution >= 4 is 12.1 Å². The first-order valence-electron chi connectivity index (χ1n) is 19.8. The Morgan fingerprint density at radius 3 is 1.67 bits per heavy atom. The molecule has 0 aliphatic heterocycles. The van der Waals surface area contributed by atoms with Gasteiger partial charge in [0, 0.05) is 32.1 Å². The monoisotopic (exact) mass is 655 g/mol. The maximum absolute atomic E-state index is 12.7. The first kappa shape index (κ1) is 44.7. The summed E-state index contributed by atoms with van der Waals surface area (Å²) >= 11 is 0. The quantitative estimate of drug-likeness (QED) is 0.0515. The van der Waals surface area contributed by atoms with Crippen LogP contribution in [0.5, 0.6) is 0 Å². The summed E-state index contributed by atoms with van der Waals surface area (Å²) in [6, 6.07) is 0.383. The van der Waals surface area contributed by atoms with Crippen LogP contribution in [-0.2, 0) is 19.0 Å². The zero-order valence-corrected chi connectivity index (χ0v) is 31.8. The third kappa shape index (κ3) is 26.7. The molecular formula is C39H78N2O5. The van der Waals surface area contributed by atoms with E-state index >= 15 is 0 Å². The van der Waals surface area contributed by atoms with E-state index in [1.165, 1.54) is 77.0 Å². The van der Waals surface area contributed by atoms with Gasteiger partial charge in [-0.2, -0.15) is 0 Å². The summed E-state index contributed by atoms with van der Waals surface area (Å²) in [6.07, 6.45) is 21.3. The van der Waals surface area contributed by atoms with Crippen LogP contribution in [0.2, 0.25) is 0 Å². The maximum atomic E-state index is 12.7. The van der Waals surface area contributed by atoms with Crippen molar-refractivity contribution in [2.75, 3.05) is 45.9 Å². The third-order valence-corrected chi connectivity index (χ3v) is 9.39. The van der Waals surface area contributed by atoms with E-state index in [9.17, 15) is 9.59 Å². The van der Waals surface area contributed by atoms with Crippen LogP contribution >= 0.6 is 0 Å². The largest absolute Gasteiger partial charge is 0.508 e. The molecule has 2 atom stereocenters. The summed E-state index contributed by atoms with van der Waals surface area (Å²) in [7, 11) is 0. The summed E-state index contributed by atoms with van der Waals surface area (Å²) in [5.74, 6) is 0.354. The van der Waals surface area contributed by atoms with Gasteiger partial charge in [0.25, 0.3) is 0 Å². The van der Waals surface area contributed by atoms with Crippen molar-refractivity contribution < 1.29 is 23.8 Å². The SMILES string of the molecule is CCCCCCCCC(CCCCCC)COC(=O)CCCC(CCCCCC)OC(=O)OCCN(CCN(CC)CC)C(C)C. The zero-order chi connectivity index (χ0) is 34.3. The second-order valence-corrected chi connectivity index (χ2v) is 13.7. The second-order valence-electron chi connectivity index (χ2n) is 13.7. The number of likely N-dealkylation sites (N-methyl/N-ethyl adjacent to an activating group) is 1. The van der Waals surface area contributed by atoms with E-state index in [4.69, 9.17) is 14.2 Å². The number of nitrogens with zero attached hydrogens (tertiary/aromatic N) is 2. The van der Waals surface area contributed by atoms with Gasteiger partial charge in [-0.15, -0.1) is 0 Å². The summed E-state index contributed by atoms with van der Waals surface area (Å²) in [6.45, 7) is 21.1. The fraction of sp³-hybridized carbons (Fsp3) is 0.949. The summed E-state index contributed by atoms with van der Waals surface area (Å²) in [5.41, 5.74) is 0. The molecule has 0 fully saturated rings. The molecule has 0 bridgehead atoms. The minimum atomic E-state index is -0.587. The molecule has 7 nitrogen and oxygen atoms in total. The van der Waals surface area contributed by atoms with Gasteiger partial charge in [-0.25, -0.2) is 4.79 Å². The highest BCUT2D eigenvalue weighted by Crippen LogP contribution is 2.20. The van der Waals surface area contributed by atoms with Crippen molar-refractivity contribution in [3.05, 3.63) is 0 Å². The molecule has 7 heteroatoms. The van der Waals surface area contributed by atoms with Gasteiger partial charge in [-0.3, -0.25) is 9.69 Å². The fourth-order valence-electron chi connectivity index (χ4n) is 6.06. The van der Waals surface area contributed by atoms with Crippen LogP contribution in [0, 0.1) is 5.92 Å². The average Bonchev–Trinajstić information content (AvgIpc) is 3.04. The second kappa shape index (κ2) is 32.2. The predicted octanol–water partition coefficient (Wildman–Crippen LogP) is 10.6. The van der Waals surface area contributed by atoms with Crippen LogP contribution in [0.4, 0.5) is 4.79 Å². The molecule has 2 unspecified atom stereocenters. The first-order valence-corrected chi connectivity index (χ1v) is 19.8. The van der Waals surface area contributed by atoms with Gasteiger partial charge in [0.15, 0.2) is 0 Å². The molecule has 0 aliphatic carbocycles. The van der Waals surface area contributed by atoms with Crippen LogP contribution in [0.15, 0.2) is 0 Å². The lowest BCUT2D eigenvalue weighted by atomic mass is 9.95. The highest BCUT2D eigenvalue weighted by Gasteiger charge is 2.19. The number of unbranched alkanes of at least 4 members (excludes halogenated alkanes) is 11. The number of hydrogen-bond donors (Lipinski definition) is 0. The molecule has 0 aromatic carbocycles. The maximum Gasteiger partial charge on any atom is 0.508 e. The molecular weight excluding hydrogens is 576 g/mol. The Labute approximate surface area is 286 Å². The number of esters is 1. The molecule has 46 heavy (non-hydrogen) atoms. The van der Waals surface area contributed by atoms with Gasteiger partial charge in [0.1, 0.15) is 12.7 Å². The highest BCUT2D eigenvalue weighted by atomic mass is 16.7. The predicted molar refractivity (Wildman–Crippen MR) is 195 cm³/mol. The number of rotatable bonds is 33. The lowest BCUT2D eigenvalue weighted by Crippen LogP contribution is -2.40. The van der Waals surface area contributed by atoms with Crippen molar-refractivity contribution in [3.8, 4) is 0 Å². The van der Waals surface area contributed by atoms with Gasteiger partial charge in [0.05, 0.1) is 6.61 Å². The Hall–Kier alpha value is -1.34. The van der Waals surface area contributed by atoms with E-state index in [1.807, 2.05) is 0 Å². The Bertz CT molecular complexity index is 685. The normalized spacial score (nSPS) is 13.0. The number of hydrogen-bond acceptors (Lipinski definition) is 7. The smallest absolute Gasteiger partial charge is 0.465 e. The molecule has 0 amide bonds. The number of ether oxygens (including phenoxy) is 3. The van der Waals surface area contributed by atoms with Crippen molar-refractivity contribution in [2.24, 2.45) is 5.92 Å². The third-order valence-electron chi connectivity index (χ3n) is 9.39. The first-order chi connectivity index (χ1) is 22.3. The minimum absolute atomic E-state index is 0.118. The van der Waals surface area contributed by atoms with E-state index in [0.29, 0.717) is 51.0 Å². The van der Waals surface area contributed by atoms with E-state index < -0.39 is 6.16 Å². The lowest BCUT2D eigenvalue weighted by molar-refractivity contribution is -0.145.